The fourth-order valence-electron chi connectivity index (χ4n) is 3.68. The number of hydrogen-bond acceptors (Lipinski definition) is 3. The van der Waals surface area contributed by atoms with Crippen molar-refractivity contribution in [1.82, 2.24) is 10.2 Å². The van der Waals surface area contributed by atoms with E-state index in [1.54, 1.807) is 29.2 Å². The molecular formula is C29H33ClN2O3. The van der Waals surface area contributed by atoms with Crippen molar-refractivity contribution in [3.63, 3.8) is 0 Å². The van der Waals surface area contributed by atoms with Gasteiger partial charge in [0.15, 0.2) is 6.61 Å². The Balaban J connectivity index is 1.92. The number of carbonyl (C=O) groups is 2. The maximum Gasteiger partial charge on any atom is 0.261 e. The van der Waals surface area contributed by atoms with Crippen molar-refractivity contribution in [3.8, 4) is 5.75 Å². The van der Waals surface area contributed by atoms with Gasteiger partial charge in [0.05, 0.1) is 0 Å². The standard InChI is InChI=1S/C29H33ClN2O3/c1-21-13-15-23(16-14-21)19-32(27(33)20-35-25-12-8-11-24(30)18-25)26(28(34)31-29(2,3)4)17-22-9-6-5-7-10-22/h5-16,18,26H,17,19-20H2,1-4H3,(H,31,34)/t26-/m1/s1. The third kappa shape index (κ3) is 8.45. The number of halogens is 1. The van der Waals surface area contributed by atoms with E-state index in [2.05, 4.69) is 5.32 Å². The third-order valence-electron chi connectivity index (χ3n) is 5.40. The molecule has 0 aromatic heterocycles. The number of hydrogen-bond donors (Lipinski definition) is 1. The molecule has 0 saturated carbocycles. The van der Waals surface area contributed by atoms with Crippen molar-refractivity contribution in [2.45, 2.75) is 52.2 Å². The van der Waals surface area contributed by atoms with Gasteiger partial charge in [-0.05, 0) is 57.0 Å². The Morgan fingerprint density at radius 3 is 2.26 bits per heavy atom. The van der Waals surface area contributed by atoms with E-state index in [9.17, 15) is 9.59 Å². The molecular weight excluding hydrogens is 460 g/mol. The van der Waals surface area contributed by atoms with Crippen molar-refractivity contribution in [1.29, 1.82) is 0 Å². The van der Waals surface area contributed by atoms with Gasteiger partial charge in [-0.2, -0.15) is 0 Å². The van der Waals surface area contributed by atoms with Crippen LogP contribution >= 0.6 is 11.6 Å². The van der Waals surface area contributed by atoms with Crippen molar-refractivity contribution < 1.29 is 14.3 Å². The highest BCUT2D eigenvalue weighted by molar-refractivity contribution is 6.30. The number of ether oxygens (including phenoxy) is 1. The molecule has 0 aliphatic carbocycles. The van der Waals surface area contributed by atoms with Gasteiger partial charge in [-0.3, -0.25) is 9.59 Å². The molecule has 0 radical (unpaired) electrons. The first-order valence-electron chi connectivity index (χ1n) is 11.7. The smallest absolute Gasteiger partial charge is 0.261 e. The molecule has 0 unspecified atom stereocenters. The molecule has 0 aliphatic heterocycles. The first-order chi connectivity index (χ1) is 16.6. The Bertz CT molecular complexity index is 1120. The van der Waals surface area contributed by atoms with Crippen LogP contribution in [0.1, 0.15) is 37.5 Å². The molecule has 0 spiro atoms. The second kappa shape index (κ2) is 11.9. The minimum absolute atomic E-state index is 0.204. The van der Waals surface area contributed by atoms with Gasteiger partial charge in [-0.15, -0.1) is 0 Å². The first-order valence-corrected chi connectivity index (χ1v) is 12.1. The molecule has 0 saturated heterocycles. The summed E-state index contributed by atoms with van der Waals surface area (Å²) in [5.41, 5.74) is 2.59. The second-order valence-corrected chi connectivity index (χ2v) is 10.1. The summed E-state index contributed by atoms with van der Waals surface area (Å²) in [6, 6.07) is 23.9. The van der Waals surface area contributed by atoms with Crippen LogP contribution in [-0.2, 0) is 22.6 Å². The van der Waals surface area contributed by atoms with E-state index in [4.69, 9.17) is 16.3 Å². The summed E-state index contributed by atoms with van der Waals surface area (Å²) in [5, 5.41) is 3.59. The van der Waals surface area contributed by atoms with E-state index in [0.717, 1.165) is 16.7 Å². The molecule has 0 bridgehead atoms. The van der Waals surface area contributed by atoms with Crippen molar-refractivity contribution in [2.24, 2.45) is 0 Å². The molecule has 3 aromatic carbocycles. The van der Waals surface area contributed by atoms with E-state index >= 15 is 0 Å². The topological polar surface area (TPSA) is 58.6 Å². The number of rotatable bonds is 9. The number of carbonyl (C=O) groups excluding carboxylic acids is 2. The second-order valence-electron chi connectivity index (χ2n) is 9.70. The Morgan fingerprint density at radius 1 is 0.943 bits per heavy atom. The van der Waals surface area contributed by atoms with Crippen molar-refractivity contribution >= 4 is 23.4 Å². The lowest BCUT2D eigenvalue weighted by Gasteiger charge is -2.33. The minimum Gasteiger partial charge on any atom is -0.484 e. The monoisotopic (exact) mass is 492 g/mol. The van der Waals surface area contributed by atoms with Crippen LogP contribution in [0.25, 0.3) is 0 Å². The van der Waals surface area contributed by atoms with E-state index in [0.29, 0.717) is 17.2 Å². The highest BCUT2D eigenvalue weighted by atomic mass is 35.5. The Labute approximate surface area is 213 Å². The highest BCUT2D eigenvalue weighted by Crippen LogP contribution is 2.19. The van der Waals surface area contributed by atoms with E-state index in [1.165, 1.54) is 0 Å². The van der Waals surface area contributed by atoms with Gasteiger partial charge in [-0.25, -0.2) is 0 Å². The average molecular weight is 493 g/mol. The summed E-state index contributed by atoms with van der Waals surface area (Å²) >= 11 is 6.06. The maximum absolute atomic E-state index is 13.6. The van der Waals surface area contributed by atoms with E-state index in [1.807, 2.05) is 82.3 Å². The van der Waals surface area contributed by atoms with Crippen LogP contribution in [0.3, 0.4) is 0 Å². The number of nitrogens with zero attached hydrogens (tertiary/aromatic N) is 1. The third-order valence-corrected chi connectivity index (χ3v) is 5.64. The number of amides is 2. The van der Waals surface area contributed by atoms with Crippen molar-refractivity contribution in [2.75, 3.05) is 6.61 Å². The fourth-order valence-corrected chi connectivity index (χ4v) is 3.86. The number of benzene rings is 3. The van der Waals surface area contributed by atoms with Crippen LogP contribution in [0.2, 0.25) is 5.02 Å². The van der Waals surface area contributed by atoms with Crippen LogP contribution in [0.5, 0.6) is 5.75 Å². The summed E-state index contributed by atoms with van der Waals surface area (Å²) in [6.45, 7) is 7.88. The van der Waals surface area contributed by atoms with Gasteiger partial charge in [-0.1, -0.05) is 77.8 Å². The fraction of sp³-hybridized carbons (Fsp3) is 0.310. The molecule has 5 nitrogen and oxygen atoms in total. The van der Waals surface area contributed by atoms with Gasteiger partial charge < -0.3 is 15.0 Å². The zero-order valence-corrected chi connectivity index (χ0v) is 21.5. The summed E-state index contributed by atoms with van der Waals surface area (Å²) in [4.78, 5) is 28.7. The molecule has 3 aromatic rings. The summed E-state index contributed by atoms with van der Waals surface area (Å²) in [5.74, 6) is 0.0139. The average Bonchev–Trinajstić information content (AvgIpc) is 2.80. The largest absolute Gasteiger partial charge is 0.484 e. The summed E-state index contributed by atoms with van der Waals surface area (Å²) < 4.78 is 5.76. The van der Waals surface area contributed by atoms with Gasteiger partial charge >= 0.3 is 0 Å². The highest BCUT2D eigenvalue weighted by Gasteiger charge is 2.32. The SMILES string of the molecule is Cc1ccc(CN(C(=O)COc2cccc(Cl)c2)[C@H](Cc2ccccc2)C(=O)NC(C)(C)C)cc1. The zero-order chi connectivity index (χ0) is 25.4. The molecule has 1 N–H and O–H groups in total. The Kier molecular flexibility index (Phi) is 8.94. The molecule has 0 fully saturated rings. The van der Waals surface area contributed by atoms with E-state index < -0.39 is 11.6 Å². The molecule has 6 heteroatoms. The zero-order valence-electron chi connectivity index (χ0n) is 20.8. The molecule has 0 heterocycles. The minimum atomic E-state index is -0.714. The maximum atomic E-state index is 13.6. The Morgan fingerprint density at radius 2 is 1.63 bits per heavy atom. The lowest BCUT2D eigenvalue weighted by atomic mass is 10.0. The molecule has 35 heavy (non-hydrogen) atoms. The molecule has 184 valence electrons. The molecule has 3 rings (SSSR count). The van der Waals surface area contributed by atoms with Crippen LogP contribution in [0.15, 0.2) is 78.9 Å². The lowest BCUT2D eigenvalue weighted by Crippen LogP contribution is -2.55. The summed E-state index contributed by atoms with van der Waals surface area (Å²) in [6.07, 6.45) is 0.386. The van der Waals surface area contributed by atoms with Gasteiger partial charge in [0.2, 0.25) is 5.91 Å². The molecule has 0 aliphatic rings. The van der Waals surface area contributed by atoms with Crippen LogP contribution < -0.4 is 10.1 Å². The van der Waals surface area contributed by atoms with Crippen LogP contribution in [-0.4, -0.2) is 34.9 Å². The predicted molar refractivity (Wildman–Crippen MR) is 141 cm³/mol. The molecule has 1 atom stereocenters. The van der Waals surface area contributed by atoms with Gasteiger partial charge in [0.1, 0.15) is 11.8 Å². The number of nitrogens with one attached hydrogen (secondary N) is 1. The van der Waals surface area contributed by atoms with Crippen LogP contribution in [0.4, 0.5) is 0 Å². The van der Waals surface area contributed by atoms with Gasteiger partial charge in [0.25, 0.3) is 5.91 Å². The first kappa shape index (κ1) is 26.3. The van der Waals surface area contributed by atoms with E-state index in [-0.39, 0.29) is 25.0 Å². The normalized spacial score (nSPS) is 12.0. The predicted octanol–water partition coefficient (Wildman–Crippen LogP) is 5.58. The number of aryl methyl sites for hydroxylation is 1. The summed E-state index contributed by atoms with van der Waals surface area (Å²) in [7, 11) is 0. The van der Waals surface area contributed by atoms with Crippen LogP contribution in [0, 0.1) is 6.92 Å². The molecule has 2 amide bonds. The van der Waals surface area contributed by atoms with Crippen molar-refractivity contribution in [3.05, 3.63) is 101 Å². The lowest BCUT2D eigenvalue weighted by molar-refractivity contribution is -0.143. The van der Waals surface area contributed by atoms with Gasteiger partial charge in [0, 0.05) is 23.5 Å². The Hall–Kier alpha value is -3.31. The quantitative estimate of drug-likeness (QED) is 0.424.